The molecule has 1 aromatic carbocycles. The second kappa shape index (κ2) is 6.17. The number of carbonyl (C=O) groups is 1. The van der Waals surface area contributed by atoms with E-state index in [0.29, 0.717) is 22.1 Å². The number of carbonyl (C=O) groups excluding carboxylic acids is 1. The Bertz CT molecular complexity index is 837. The van der Waals surface area contributed by atoms with Crippen LogP contribution < -0.4 is 14.8 Å². The van der Waals surface area contributed by atoms with Crippen molar-refractivity contribution in [3.63, 3.8) is 0 Å². The van der Waals surface area contributed by atoms with Crippen molar-refractivity contribution in [3.05, 3.63) is 40.3 Å². The minimum Gasteiger partial charge on any atom is -0.485 e. The first-order chi connectivity index (χ1) is 11.8. The predicted molar refractivity (Wildman–Crippen MR) is 90.7 cm³/mol. The fourth-order valence-electron chi connectivity index (χ4n) is 3.11. The zero-order valence-corrected chi connectivity index (χ0v) is 13.8. The van der Waals surface area contributed by atoms with Gasteiger partial charge in [-0.2, -0.15) is 5.26 Å². The van der Waals surface area contributed by atoms with Crippen LogP contribution in [0.25, 0.3) is 0 Å². The predicted octanol–water partition coefficient (Wildman–Crippen LogP) is 3.28. The number of amides is 1. The average Bonchev–Trinajstić information content (AvgIpc) is 2.98. The van der Waals surface area contributed by atoms with Crippen molar-refractivity contribution >= 4 is 22.2 Å². The molecule has 2 aliphatic rings. The first kappa shape index (κ1) is 15.0. The summed E-state index contributed by atoms with van der Waals surface area (Å²) >= 11 is 1.51. The second-order valence-corrected chi connectivity index (χ2v) is 6.99. The summed E-state index contributed by atoms with van der Waals surface area (Å²) < 4.78 is 11.3. The summed E-state index contributed by atoms with van der Waals surface area (Å²) in [4.78, 5) is 13.8. The first-order valence-electron chi connectivity index (χ1n) is 8.00. The molecule has 24 heavy (non-hydrogen) atoms. The number of thiophene rings is 1. The molecule has 0 spiro atoms. The lowest BCUT2D eigenvalue weighted by atomic mass is 9.96. The van der Waals surface area contributed by atoms with Crippen molar-refractivity contribution in [2.24, 2.45) is 0 Å². The van der Waals surface area contributed by atoms with Crippen LogP contribution in [0.3, 0.4) is 0 Å². The Hall–Kier alpha value is -2.52. The van der Waals surface area contributed by atoms with Crippen molar-refractivity contribution < 1.29 is 14.3 Å². The highest BCUT2D eigenvalue weighted by Crippen LogP contribution is 2.38. The van der Waals surface area contributed by atoms with E-state index in [4.69, 9.17) is 9.47 Å². The number of nitrogens with zero attached hydrogens (tertiary/aromatic N) is 1. The summed E-state index contributed by atoms with van der Waals surface area (Å²) in [6.07, 6.45) is 3.43. The van der Waals surface area contributed by atoms with Gasteiger partial charge in [-0.1, -0.05) is 12.1 Å². The minimum absolute atomic E-state index is 0.163. The maximum absolute atomic E-state index is 12.5. The minimum atomic E-state index is -0.717. The van der Waals surface area contributed by atoms with Crippen LogP contribution in [0.4, 0.5) is 5.00 Å². The summed E-state index contributed by atoms with van der Waals surface area (Å²) in [6, 6.07) is 9.53. The van der Waals surface area contributed by atoms with E-state index in [2.05, 4.69) is 11.4 Å². The molecule has 0 radical (unpaired) electrons. The van der Waals surface area contributed by atoms with Gasteiger partial charge < -0.3 is 14.8 Å². The van der Waals surface area contributed by atoms with Crippen LogP contribution in [0.5, 0.6) is 11.5 Å². The van der Waals surface area contributed by atoms with Gasteiger partial charge in [-0.15, -0.1) is 11.3 Å². The van der Waals surface area contributed by atoms with Crippen molar-refractivity contribution in [2.45, 2.75) is 31.8 Å². The molecule has 1 amide bonds. The van der Waals surface area contributed by atoms with Crippen LogP contribution in [0.1, 0.15) is 28.8 Å². The number of rotatable bonds is 2. The molecule has 1 aromatic heterocycles. The highest BCUT2D eigenvalue weighted by atomic mass is 32.1. The van der Waals surface area contributed by atoms with Gasteiger partial charge in [-0.3, -0.25) is 4.79 Å². The number of fused-ring (bicyclic) bond motifs is 2. The van der Waals surface area contributed by atoms with Gasteiger partial charge in [0.15, 0.2) is 11.5 Å². The van der Waals surface area contributed by atoms with Gasteiger partial charge in [-0.05, 0) is 43.4 Å². The Morgan fingerprint density at radius 3 is 2.88 bits per heavy atom. The summed E-state index contributed by atoms with van der Waals surface area (Å²) in [5.41, 5.74) is 1.72. The van der Waals surface area contributed by atoms with Crippen LogP contribution >= 0.6 is 11.3 Å². The summed E-state index contributed by atoms with van der Waals surface area (Å²) in [7, 11) is 0. The molecule has 1 aliphatic carbocycles. The Kier molecular flexibility index (Phi) is 3.87. The maximum atomic E-state index is 12.5. The van der Waals surface area contributed by atoms with E-state index in [-0.39, 0.29) is 12.5 Å². The lowest BCUT2D eigenvalue weighted by molar-refractivity contribution is -0.125. The lowest BCUT2D eigenvalue weighted by Crippen LogP contribution is -2.40. The third kappa shape index (κ3) is 2.61. The number of nitrogens with one attached hydrogen (secondary N) is 1. The number of aryl methyl sites for hydroxylation is 1. The fraction of sp³-hybridized carbons (Fsp3) is 0.333. The lowest BCUT2D eigenvalue weighted by Gasteiger charge is -2.25. The molecule has 1 N–H and O–H groups in total. The first-order valence-corrected chi connectivity index (χ1v) is 8.82. The molecule has 0 saturated carbocycles. The second-order valence-electron chi connectivity index (χ2n) is 5.88. The van der Waals surface area contributed by atoms with Crippen molar-refractivity contribution in [2.75, 3.05) is 11.9 Å². The van der Waals surface area contributed by atoms with Gasteiger partial charge >= 0.3 is 0 Å². The van der Waals surface area contributed by atoms with E-state index >= 15 is 0 Å². The third-order valence-corrected chi connectivity index (χ3v) is 5.53. The standard InChI is InChI=1S/C18H16N2O3S/c19-9-12-11-5-1-4-8-16(11)24-18(12)20-17(21)15-10-22-13-6-2-3-7-14(13)23-15/h2-3,6-7,15H,1,4-5,8,10H2,(H,20,21). The monoisotopic (exact) mass is 340 g/mol. The van der Waals surface area contributed by atoms with E-state index in [1.165, 1.54) is 16.2 Å². The van der Waals surface area contributed by atoms with Gasteiger partial charge in [-0.25, -0.2) is 0 Å². The molecule has 0 bridgehead atoms. The van der Waals surface area contributed by atoms with Crippen molar-refractivity contribution in [3.8, 4) is 17.6 Å². The third-order valence-electron chi connectivity index (χ3n) is 4.32. The number of hydrogen-bond acceptors (Lipinski definition) is 5. The summed E-state index contributed by atoms with van der Waals surface area (Å²) in [6.45, 7) is 0.163. The molecule has 6 heteroatoms. The molecule has 122 valence electrons. The van der Waals surface area contributed by atoms with Gasteiger partial charge in [0.2, 0.25) is 6.10 Å². The van der Waals surface area contributed by atoms with E-state index < -0.39 is 6.10 Å². The number of benzene rings is 1. The zero-order valence-electron chi connectivity index (χ0n) is 13.0. The molecule has 2 aromatic rings. The van der Waals surface area contributed by atoms with Crippen LogP contribution in [0, 0.1) is 11.3 Å². The highest BCUT2D eigenvalue weighted by Gasteiger charge is 2.29. The molecule has 0 saturated heterocycles. The van der Waals surface area contributed by atoms with E-state index in [1.54, 1.807) is 6.07 Å². The van der Waals surface area contributed by atoms with Crippen LogP contribution in [-0.4, -0.2) is 18.6 Å². The molecular weight excluding hydrogens is 324 g/mol. The number of anilines is 1. The number of para-hydroxylation sites is 2. The molecular formula is C18H16N2O3S. The number of hydrogen-bond donors (Lipinski definition) is 1. The van der Waals surface area contributed by atoms with E-state index in [9.17, 15) is 10.1 Å². The SMILES string of the molecule is N#Cc1c(NC(=O)C2COc3ccccc3O2)sc2c1CCCC2. The maximum Gasteiger partial charge on any atom is 0.269 e. The average molecular weight is 340 g/mol. The Labute approximate surface area is 143 Å². The van der Waals surface area contributed by atoms with Gasteiger partial charge in [0, 0.05) is 4.88 Å². The number of nitriles is 1. The number of ether oxygens (including phenoxy) is 2. The summed E-state index contributed by atoms with van der Waals surface area (Å²) in [5, 5.41) is 13.0. The molecule has 5 nitrogen and oxygen atoms in total. The highest BCUT2D eigenvalue weighted by molar-refractivity contribution is 7.16. The Balaban J connectivity index is 1.53. The quantitative estimate of drug-likeness (QED) is 0.911. The summed E-state index contributed by atoms with van der Waals surface area (Å²) in [5.74, 6) is 0.931. The largest absolute Gasteiger partial charge is 0.485 e. The zero-order chi connectivity index (χ0) is 16.5. The molecule has 1 unspecified atom stereocenters. The van der Waals surface area contributed by atoms with Gasteiger partial charge in [0.05, 0.1) is 5.56 Å². The molecule has 1 atom stereocenters. The van der Waals surface area contributed by atoms with E-state index in [0.717, 1.165) is 31.2 Å². The molecule has 0 fully saturated rings. The Morgan fingerprint density at radius 1 is 1.25 bits per heavy atom. The van der Waals surface area contributed by atoms with E-state index in [1.807, 2.05) is 18.2 Å². The molecule has 1 aliphatic heterocycles. The van der Waals surface area contributed by atoms with Crippen LogP contribution in [-0.2, 0) is 17.6 Å². The molecule has 2 heterocycles. The van der Waals surface area contributed by atoms with Crippen molar-refractivity contribution in [1.82, 2.24) is 0 Å². The smallest absolute Gasteiger partial charge is 0.269 e. The van der Waals surface area contributed by atoms with Crippen LogP contribution in [0.15, 0.2) is 24.3 Å². The van der Waals surface area contributed by atoms with Gasteiger partial charge in [0.25, 0.3) is 5.91 Å². The topological polar surface area (TPSA) is 71.4 Å². The fourth-order valence-corrected chi connectivity index (χ4v) is 4.36. The van der Waals surface area contributed by atoms with Gasteiger partial charge in [0.1, 0.15) is 17.7 Å². The van der Waals surface area contributed by atoms with Crippen molar-refractivity contribution in [1.29, 1.82) is 5.26 Å². The normalized spacial score (nSPS) is 18.4. The molecule has 4 rings (SSSR count). The van der Waals surface area contributed by atoms with Crippen LogP contribution in [0.2, 0.25) is 0 Å². The Morgan fingerprint density at radius 2 is 2.04 bits per heavy atom.